The average Bonchev–Trinajstić information content (AvgIpc) is 2.90. The van der Waals surface area contributed by atoms with Crippen LogP contribution in [0.15, 0.2) is 24.3 Å². The molecule has 0 aromatic heterocycles. The molecule has 2 atom stereocenters. The third-order valence-corrected chi connectivity index (χ3v) is 4.84. The van der Waals surface area contributed by atoms with Crippen LogP contribution in [0.25, 0.3) is 0 Å². The lowest BCUT2D eigenvalue weighted by molar-refractivity contribution is -0.155. The van der Waals surface area contributed by atoms with Gasteiger partial charge < -0.3 is 10.0 Å². The Labute approximate surface area is 132 Å². The van der Waals surface area contributed by atoms with E-state index >= 15 is 0 Å². The van der Waals surface area contributed by atoms with Crippen LogP contribution in [0.1, 0.15) is 57.1 Å². The Morgan fingerprint density at radius 3 is 2.50 bits per heavy atom. The summed E-state index contributed by atoms with van der Waals surface area (Å²) in [7, 11) is 0. The number of likely N-dealkylation sites (tertiary alicyclic amines) is 1. The van der Waals surface area contributed by atoms with Gasteiger partial charge in [-0.1, -0.05) is 38.1 Å². The number of hydrogen-bond donors (Lipinski definition) is 1. The number of carboxylic acids is 1. The summed E-state index contributed by atoms with van der Waals surface area (Å²) in [5.74, 6) is -0.871. The minimum absolute atomic E-state index is 0.0607. The molecule has 2 rings (SSSR count). The van der Waals surface area contributed by atoms with Gasteiger partial charge in [0, 0.05) is 13.0 Å². The summed E-state index contributed by atoms with van der Waals surface area (Å²) in [6, 6.07) is 8.31. The number of carbonyl (C=O) groups excluding carboxylic acids is 1. The summed E-state index contributed by atoms with van der Waals surface area (Å²) in [6.45, 7) is 6.33. The van der Waals surface area contributed by atoms with Crippen LogP contribution in [0.4, 0.5) is 0 Å². The summed E-state index contributed by atoms with van der Waals surface area (Å²) in [4.78, 5) is 25.6. The van der Waals surface area contributed by atoms with Crippen LogP contribution < -0.4 is 0 Å². The summed E-state index contributed by atoms with van der Waals surface area (Å²) in [6.07, 6.45) is 2.65. The summed E-state index contributed by atoms with van der Waals surface area (Å²) in [5.41, 5.74) is 1.37. The molecule has 1 heterocycles. The quantitative estimate of drug-likeness (QED) is 0.908. The highest BCUT2D eigenvalue weighted by molar-refractivity contribution is 5.87. The van der Waals surface area contributed by atoms with E-state index in [1.165, 1.54) is 5.56 Å². The molecule has 1 amide bonds. The molecular formula is C18H25NO3. The number of carboxylic acid groups (broad SMARTS) is 1. The van der Waals surface area contributed by atoms with Crippen molar-refractivity contribution in [2.75, 3.05) is 6.54 Å². The largest absolute Gasteiger partial charge is 0.480 e. The fraction of sp³-hybridized carbons (Fsp3) is 0.556. The average molecular weight is 303 g/mol. The fourth-order valence-electron chi connectivity index (χ4n) is 3.16. The number of aliphatic carboxylic acids is 1. The van der Waals surface area contributed by atoms with Gasteiger partial charge in [0.05, 0.1) is 0 Å². The predicted molar refractivity (Wildman–Crippen MR) is 85.8 cm³/mol. The summed E-state index contributed by atoms with van der Waals surface area (Å²) >= 11 is 0. The summed E-state index contributed by atoms with van der Waals surface area (Å²) in [5, 5.41) is 9.41. The van der Waals surface area contributed by atoms with Gasteiger partial charge in [-0.15, -0.1) is 0 Å². The van der Waals surface area contributed by atoms with E-state index in [0.29, 0.717) is 19.4 Å². The zero-order valence-corrected chi connectivity index (χ0v) is 13.6. The topological polar surface area (TPSA) is 57.6 Å². The first-order valence-corrected chi connectivity index (χ1v) is 8.01. The molecule has 4 nitrogen and oxygen atoms in total. The normalized spacial score (nSPS) is 22.6. The van der Waals surface area contributed by atoms with Crippen LogP contribution in [-0.4, -0.2) is 34.0 Å². The zero-order valence-electron chi connectivity index (χ0n) is 13.6. The van der Waals surface area contributed by atoms with Gasteiger partial charge in [0.2, 0.25) is 5.91 Å². The molecule has 1 saturated heterocycles. The van der Waals surface area contributed by atoms with Crippen molar-refractivity contribution in [2.45, 2.75) is 57.9 Å². The first-order chi connectivity index (χ1) is 10.4. The van der Waals surface area contributed by atoms with Crippen LogP contribution in [-0.2, 0) is 16.0 Å². The number of aryl methyl sites for hydroxylation is 1. The Kier molecular flexibility index (Phi) is 4.89. The molecule has 0 radical (unpaired) electrons. The Hall–Kier alpha value is -1.84. The maximum absolute atomic E-state index is 12.5. The maximum atomic E-state index is 12.5. The molecular weight excluding hydrogens is 278 g/mol. The number of rotatable bonds is 5. The fourth-order valence-corrected chi connectivity index (χ4v) is 3.16. The molecule has 22 heavy (non-hydrogen) atoms. The second kappa shape index (κ2) is 6.51. The SMILES string of the molecule is CCc1ccc(C(C)CC(=O)N2CCCC2(C)C(=O)O)cc1. The second-order valence-corrected chi connectivity index (χ2v) is 6.43. The third kappa shape index (κ3) is 3.16. The van der Waals surface area contributed by atoms with Crippen molar-refractivity contribution in [3.63, 3.8) is 0 Å². The Morgan fingerprint density at radius 1 is 1.32 bits per heavy atom. The smallest absolute Gasteiger partial charge is 0.329 e. The van der Waals surface area contributed by atoms with E-state index in [1.54, 1.807) is 11.8 Å². The second-order valence-electron chi connectivity index (χ2n) is 6.43. The Bertz CT molecular complexity index is 552. The number of hydrogen-bond acceptors (Lipinski definition) is 2. The molecule has 0 bridgehead atoms. The van der Waals surface area contributed by atoms with Gasteiger partial charge in [-0.2, -0.15) is 0 Å². The molecule has 1 aliphatic rings. The third-order valence-electron chi connectivity index (χ3n) is 4.84. The van der Waals surface area contributed by atoms with Crippen molar-refractivity contribution in [3.8, 4) is 0 Å². The molecule has 4 heteroatoms. The van der Waals surface area contributed by atoms with Gasteiger partial charge in [0.1, 0.15) is 5.54 Å². The van der Waals surface area contributed by atoms with Crippen LogP contribution in [0.3, 0.4) is 0 Å². The number of amides is 1. The van der Waals surface area contributed by atoms with E-state index in [2.05, 4.69) is 31.2 Å². The standard InChI is InChI=1S/C18H25NO3/c1-4-14-6-8-15(9-7-14)13(2)12-16(20)19-11-5-10-18(19,3)17(21)22/h6-9,13H,4-5,10-12H2,1-3H3,(H,21,22). The van der Waals surface area contributed by atoms with Crippen LogP contribution >= 0.6 is 0 Å². The van der Waals surface area contributed by atoms with E-state index in [-0.39, 0.29) is 11.8 Å². The van der Waals surface area contributed by atoms with Gasteiger partial charge >= 0.3 is 5.97 Å². The van der Waals surface area contributed by atoms with Gasteiger partial charge in [0.15, 0.2) is 0 Å². The van der Waals surface area contributed by atoms with E-state index in [1.807, 2.05) is 6.92 Å². The van der Waals surface area contributed by atoms with Crippen molar-refractivity contribution < 1.29 is 14.7 Å². The minimum Gasteiger partial charge on any atom is -0.480 e. The lowest BCUT2D eigenvalue weighted by Gasteiger charge is -2.32. The van der Waals surface area contributed by atoms with Crippen LogP contribution in [0.2, 0.25) is 0 Å². The molecule has 2 unspecified atom stereocenters. The summed E-state index contributed by atoms with van der Waals surface area (Å²) < 4.78 is 0. The molecule has 120 valence electrons. The van der Waals surface area contributed by atoms with Gasteiger partial charge in [-0.05, 0) is 43.2 Å². The minimum atomic E-state index is -1.04. The van der Waals surface area contributed by atoms with Crippen molar-refractivity contribution >= 4 is 11.9 Å². The number of nitrogens with zero attached hydrogens (tertiary/aromatic N) is 1. The van der Waals surface area contributed by atoms with Crippen LogP contribution in [0, 0.1) is 0 Å². The van der Waals surface area contributed by atoms with Gasteiger partial charge in [0.25, 0.3) is 0 Å². The number of benzene rings is 1. The van der Waals surface area contributed by atoms with E-state index in [4.69, 9.17) is 0 Å². The van der Waals surface area contributed by atoms with Gasteiger partial charge in [-0.25, -0.2) is 4.79 Å². The molecule has 0 aliphatic carbocycles. The van der Waals surface area contributed by atoms with Crippen LogP contribution in [0.5, 0.6) is 0 Å². The molecule has 1 aromatic carbocycles. The van der Waals surface area contributed by atoms with Crippen molar-refractivity contribution in [1.82, 2.24) is 4.90 Å². The Balaban J connectivity index is 2.06. The first kappa shape index (κ1) is 16.5. The molecule has 1 aromatic rings. The maximum Gasteiger partial charge on any atom is 0.329 e. The van der Waals surface area contributed by atoms with Crippen molar-refractivity contribution in [1.29, 1.82) is 0 Å². The van der Waals surface area contributed by atoms with E-state index in [0.717, 1.165) is 18.4 Å². The Morgan fingerprint density at radius 2 is 1.95 bits per heavy atom. The highest BCUT2D eigenvalue weighted by atomic mass is 16.4. The highest BCUT2D eigenvalue weighted by Gasteiger charge is 2.45. The van der Waals surface area contributed by atoms with E-state index in [9.17, 15) is 14.7 Å². The molecule has 1 fully saturated rings. The molecule has 0 saturated carbocycles. The van der Waals surface area contributed by atoms with Gasteiger partial charge in [-0.3, -0.25) is 4.79 Å². The first-order valence-electron chi connectivity index (χ1n) is 8.01. The zero-order chi connectivity index (χ0) is 16.3. The molecule has 1 aliphatic heterocycles. The highest BCUT2D eigenvalue weighted by Crippen LogP contribution is 2.31. The van der Waals surface area contributed by atoms with E-state index < -0.39 is 11.5 Å². The lowest BCUT2D eigenvalue weighted by Crippen LogP contribution is -2.50. The lowest BCUT2D eigenvalue weighted by atomic mass is 9.94. The molecule has 1 N–H and O–H groups in total. The predicted octanol–water partition coefficient (Wildman–Crippen LogP) is 3.21. The monoisotopic (exact) mass is 303 g/mol. The number of carbonyl (C=O) groups is 2. The van der Waals surface area contributed by atoms with Crippen molar-refractivity contribution in [2.24, 2.45) is 0 Å². The van der Waals surface area contributed by atoms with Crippen molar-refractivity contribution in [3.05, 3.63) is 35.4 Å². The molecule has 0 spiro atoms.